The van der Waals surface area contributed by atoms with E-state index in [0.29, 0.717) is 31.8 Å². The lowest BCUT2D eigenvalue weighted by atomic mass is 9.89. The van der Waals surface area contributed by atoms with Gasteiger partial charge < -0.3 is 19.9 Å². The maximum atomic E-state index is 12.7. The van der Waals surface area contributed by atoms with Gasteiger partial charge in [0, 0.05) is 57.2 Å². The van der Waals surface area contributed by atoms with Crippen LogP contribution in [0.5, 0.6) is 0 Å². The summed E-state index contributed by atoms with van der Waals surface area (Å²) in [6.07, 6.45) is 6.31. The number of anilines is 1. The zero-order chi connectivity index (χ0) is 27.3. The van der Waals surface area contributed by atoms with Crippen LogP contribution >= 0.6 is 0 Å². The Kier molecular flexibility index (Phi) is 8.30. The number of hydrogen-bond donors (Lipinski definition) is 1. The Labute approximate surface area is 238 Å². The standard InChI is InChI=1S/C33H41N5O2/c1-2-36(31-15-6-11-26-13-8-16-34-32(26)31)23-28-21-29-27(22-35-28)12-7-14-30(29)37-17-19-38(20-18-37)33(39)40-24-25-9-4-3-5-10-25/h3-5,7-10,12-14,16,28,31,35H,2,6,11,15,17-24H2,1H3/t28-,31?/m1/s1. The maximum absolute atomic E-state index is 12.7. The van der Waals surface area contributed by atoms with Crippen molar-refractivity contribution in [3.8, 4) is 0 Å². The average molecular weight is 540 g/mol. The second kappa shape index (κ2) is 12.4. The van der Waals surface area contributed by atoms with Crippen LogP contribution in [-0.2, 0) is 30.7 Å². The number of nitrogens with zero attached hydrogens (tertiary/aromatic N) is 4. The molecule has 0 saturated carbocycles. The Morgan fingerprint density at radius 3 is 2.67 bits per heavy atom. The first-order valence-electron chi connectivity index (χ1n) is 14.9. The zero-order valence-corrected chi connectivity index (χ0v) is 23.6. The molecule has 0 radical (unpaired) electrons. The minimum Gasteiger partial charge on any atom is -0.445 e. The third-order valence-corrected chi connectivity index (χ3v) is 8.83. The number of nitrogens with one attached hydrogen (secondary N) is 1. The normalized spacial score (nSPS) is 20.6. The summed E-state index contributed by atoms with van der Waals surface area (Å²) in [6.45, 7) is 8.54. The van der Waals surface area contributed by atoms with E-state index >= 15 is 0 Å². The molecule has 210 valence electrons. The molecule has 0 spiro atoms. The van der Waals surface area contributed by atoms with E-state index in [1.807, 2.05) is 41.4 Å². The van der Waals surface area contributed by atoms with Crippen LogP contribution in [0, 0.1) is 0 Å². The molecule has 40 heavy (non-hydrogen) atoms. The number of piperazine rings is 1. The van der Waals surface area contributed by atoms with Crippen molar-refractivity contribution in [3.63, 3.8) is 0 Å². The lowest BCUT2D eigenvalue weighted by Gasteiger charge is -2.40. The number of benzene rings is 2. The van der Waals surface area contributed by atoms with Crippen molar-refractivity contribution >= 4 is 11.8 Å². The Balaban J connectivity index is 1.08. The highest BCUT2D eigenvalue weighted by molar-refractivity contribution is 5.68. The number of carbonyl (C=O) groups excluding carboxylic acids is 1. The molecule has 1 saturated heterocycles. The number of rotatable bonds is 7. The Morgan fingerprint density at radius 2 is 1.85 bits per heavy atom. The quantitative estimate of drug-likeness (QED) is 0.458. The summed E-state index contributed by atoms with van der Waals surface area (Å²) < 4.78 is 5.58. The molecule has 1 aliphatic carbocycles. The molecule has 3 heterocycles. The number of aromatic nitrogens is 1. The Bertz CT molecular complexity index is 1290. The third kappa shape index (κ3) is 5.86. The first-order valence-corrected chi connectivity index (χ1v) is 14.9. The number of amides is 1. The first kappa shape index (κ1) is 26.8. The van der Waals surface area contributed by atoms with Gasteiger partial charge in [0.25, 0.3) is 0 Å². The van der Waals surface area contributed by atoms with Crippen molar-refractivity contribution in [1.29, 1.82) is 0 Å². The van der Waals surface area contributed by atoms with Crippen molar-refractivity contribution in [2.45, 2.75) is 57.8 Å². The number of fused-ring (bicyclic) bond motifs is 2. The van der Waals surface area contributed by atoms with E-state index in [1.54, 1.807) is 0 Å². The van der Waals surface area contributed by atoms with Crippen molar-refractivity contribution < 1.29 is 9.53 Å². The Hall–Kier alpha value is -3.42. The van der Waals surface area contributed by atoms with Gasteiger partial charge >= 0.3 is 6.09 Å². The van der Waals surface area contributed by atoms with E-state index < -0.39 is 0 Å². The van der Waals surface area contributed by atoms with Crippen molar-refractivity contribution in [2.24, 2.45) is 0 Å². The van der Waals surface area contributed by atoms with E-state index in [9.17, 15) is 4.79 Å². The molecular weight excluding hydrogens is 498 g/mol. The average Bonchev–Trinajstić information content (AvgIpc) is 3.02. The molecule has 2 aliphatic heterocycles. The minimum absolute atomic E-state index is 0.221. The fourth-order valence-electron chi connectivity index (χ4n) is 6.66. The highest BCUT2D eigenvalue weighted by atomic mass is 16.6. The lowest BCUT2D eigenvalue weighted by molar-refractivity contribution is 0.0942. The van der Waals surface area contributed by atoms with E-state index in [2.05, 4.69) is 52.4 Å². The molecule has 2 atom stereocenters. The number of aryl methyl sites for hydroxylation is 1. The fraction of sp³-hybridized carbons (Fsp3) is 0.455. The summed E-state index contributed by atoms with van der Waals surface area (Å²) in [5.74, 6) is 0. The molecule has 0 bridgehead atoms. The number of carbonyl (C=O) groups is 1. The van der Waals surface area contributed by atoms with E-state index in [4.69, 9.17) is 9.72 Å². The van der Waals surface area contributed by atoms with Crippen LogP contribution < -0.4 is 10.2 Å². The highest BCUT2D eigenvalue weighted by Gasteiger charge is 2.31. The molecular formula is C33H41N5O2. The van der Waals surface area contributed by atoms with Gasteiger partial charge in [0.15, 0.2) is 0 Å². The van der Waals surface area contributed by atoms with Crippen LogP contribution in [-0.4, -0.2) is 66.2 Å². The van der Waals surface area contributed by atoms with Gasteiger partial charge in [-0.2, -0.15) is 0 Å². The minimum atomic E-state index is -0.221. The molecule has 3 aliphatic rings. The first-order chi connectivity index (χ1) is 19.7. The summed E-state index contributed by atoms with van der Waals surface area (Å²) in [7, 11) is 0. The van der Waals surface area contributed by atoms with Crippen LogP contribution in [0.15, 0.2) is 66.9 Å². The summed E-state index contributed by atoms with van der Waals surface area (Å²) in [5.41, 5.74) is 7.90. The van der Waals surface area contributed by atoms with E-state index in [-0.39, 0.29) is 6.09 Å². The SMILES string of the molecule is CCN(C[C@H]1Cc2c(cccc2N2CCN(C(=O)OCc3ccccc3)CC2)CN1)C1CCCc2cccnc21. The van der Waals surface area contributed by atoms with Gasteiger partial charge in [-0.25, -0.2) is 4.79 Å². The van der Waals surface area contributed by atoms with Crippen LogP contribution in [0.2, 0.25) is 0 Å². The largest absolute Gasteiger partial charge is 0.445 e. The fourth-order valence-corrected chi connectivity index (χ4v) is 6.66. The van der Waals surface area contributed by atoms with Gasteiger partial charge in [0.1, 0.15) is 6.61 Å². The second-order valence-corrected chi connectivity index (χ2v) is 11.3. The summed E-state index contributed by atoms with van der Waals surface area (Å²) in [6, 6.07) is 21.7. The predicted octanol–water partition coefficient (Wildman–Crippen LogP) is 4.95. The monoisotopic (exact) mass is 539 g/mol. The Morgan fingerprint density at radius 1 is 1.02 bits per heavy atom. The topological polar surface area (TPSA) is 60.9 Å². The van der Waals surface area contributed by atoms with E-state index in [0.717, 1.165) is 51.1 Å². The van der Waals surface area contributed by atoms with Gasteiger partial charge in [0.2, 0.25) is 0 Å². The number of pyridine rings is 1. The molecule has 1 N–H and O–H groups in total. The van der Waals surface area contributed by atoms with Crippen LogP contribution in [0.1, 0.15) is 53.8 Å². The van der Waals surface area contributed by atoms with E-state index in [1.165, 1.54) is 40.9 Å². The molecule has 2 aromatic carbocycles. The van der Waals surface area contributed by atoms with Gasteiger partial charge in [0.05, 0.1) is 11.7 Å². The van der Waals surface area contributed by atoms with Crippen molar-refractivity contribution in [2.75, 3.05) is 44.2 Å². The lowest BCUT2D eigenvalue weighted by Crippen LogP contribution is -2.50. The van der Waals surface area contributed by atoms with Crippen LogP contribution in [0.4, 0.5) is 10.5 Å². The molecule has 3 aromatic rings. The number of ether oxygens (including phenoxy) is 1. The molecule has 1 fully saturated rings. The third-order valence-electron chi connectivity index (χ3n) is 8.83. The molecule has 6 rings (SSSR count). The summed E-state index contributed by atoms with van der Waals surface area (Å²) in [5, 5.41) is 3.83. The predicted molar refractivity (Wildman–Crippen MR) is 158 cm³/mol. The maximum Gasteiger partial charge on any atom is 0.410 e. The number of hydrogen-bond acceptors (Lipinski definition) is 6. The molecule has 1 aromatic heterocycles. The van der Waals surface area contributed by atoms with Crippen LogP contribution in [0.25, 0.3) is 0 Å². The van der Waals surface area contributed by atoms with Crippen LogP contribution in [0.3, 0.4) is 0 Å². The van der Waals surface area contributed by atoms with Crippen molar-refractivity contribution in [3.05, 3.63) is 94.8 Å². The molecule has 7 heteroatoms. The summed E-state index contributed by atoms with van der Waals surface area (Å²) in [4.78, 5) is 24.4. The van der Waals surface area contributed by atoms with Gasteiger partial charge in [-0.15, -0.1) is 0 Å². The zero-order valence-electron chi connectivity index (χ0n) is 23.6. The van der Waals surface area contributed by atoms with Crippen molar-refractivity contribution in [1.82, 2.24) is 20.1 Å². The highest BCUT2D eigenvalue weighted by Crippen LogP contribution is 2.34. The van der Waals surface area contributed by atoms with Gasteiger partial charge in [-0.1, -0.05) is 55.5 Å². The summed E-state index contributed by atoms with van der Waals surface area (Å²) >= 11 is 0. The molecule has 1 amide bonds. The molecule has 7 nitrogen and oxygen atoms in total. The number of likely N-dealkylation sites (N-methyl/N-ethyl adjacent to an activating group) is 1. The second-order valence-electron chi connectivity index (χ2n) is 11.3. The van der Waals surface area contributed by atoms with Gasteiger partial charge in [-0.05, 0) is 66.6 Å². The smallest absolute Gasteiger partial charge is 0.410 e. The molecule has 1 unspecified atom stereocenters. The van der Waals surface area contributed by atoms with Gasteiger partial charge in [-0.3, -0.25) is 9.88 Å².